The molecular weight excluding hydrogens is 388 g/mol. The Bertz CT molecular complexity index is 857. The molecular formula is C24H31ClO4. The number of carbonyl (C=O) groups is 3. The molecule has 0 unspecified atom stereocenters. The SMILES string of the molecule is CC(=O)O[C@]1(C(C)=O)[C@@H](C)C[C@H]2[C@@H]3C=C(Cl)C4=CC(=O)CC[C@]4(C)[C@H]3CC[C@@]21C. The molecule has 2 saturated carbocycles. The summed E-state index contributed by atoms with van der Waals surface area (Å²) in [5.74, 6) is 0.487. The predicted octanol–water partition coefficient (Wildman–Crippen LogP) is 5.00. The van der Waals surface area contributed by atoms with E-state index in [1.165, 1.54) is 6.92 Å². The maximum atomic E-state index is 13.0. The number of ether oxygens (including phenoxy) is 1. The smallest absolute Gasteiger partial charge is 0.303 e. The zero-order valence-electron chi connectivity index (χ0n) is 18.0. The fraction of sp³-hybridized carbons (Fsp3) is 0.708. The molecule has 158 valence electrons. The van der Waals surface area contributed by atoms with Crippen molar-refractivity contribution in [2.45, 2.75) is 72.3 Å². The molecule has 0 amide bonds. The van der Waals surface area contributed by atoms with Crippen LogP contribution in [-0.2, 0) is 19.1 Å². The maximum absolute atomic E-state index is 13.0. The first-order valence-corrected chi connectivity index (χ1v) is 11.2. The van der Waals surface area contributed by atoms with Crippen LogP contribution in [0.25, 0.3) is 0 Å². The van der Waals surface area contributed by atoms with Gasteiger partial charge in [-0.3, -0.25) is 14.4 Å². The second kappa shape index (κ2) is 6.54. The molecule has 4 nitrogen and oxygen atoms in total. The highest BCUT2D eigenvalue weighted by Gasteiger charge is 2.70. The Kier molecular flexibility index (Phi) is 4.70. The summed E-state index contributed by atoms with van der Waals surface area (Å²) < 4.78 is 5.90. The zero-order chi connectivity index (χ0) is 21.4. The number of carbonyl (C=O) groups excluding carboxylic acids is 3. The van der Waals surface area contributed by atoms with Gasteiger partial charge in [0.2, 0.25) is 0 Å². The van der Waals surface area contributed by atoms with Crippen LogP contribution in [0.5, 0.6) is 0 Å². The third kappa shape index (κ3) is 2.60. The van der Waals surface area contributed by atoms with E-state index < -0.39 is 17.0 Å². The molecule has 0 saturated heterocycles. The van der Waals surface area contributed by atoms with E-state index in [0.29, 0.717) is 17.4 Å². The number of fused-ring (bicyclic) bond motifs is 5. The van der Waals surface area contributed by atoms with Crippen LogP contribution in [0.2, 0.25) is 0 Å². The van der Waals surface area contributed by atoms with Gasteiger partial charge >= 0.3 is 5.97 Å². The summed E-state index contributed by atoms with van der Waals surface area (Å²) in [6.45, 7) is 9.40. The Labute approximate surface area is 178 Å². The van der Waals surface area contributed by atoms with Crippen LogP contribution in [0.3, 0.4) is 0 Å². The molecule has 0 aromatic heterocycles. The Morgan fingerprint density at radius 2 is 1.86 bits per heavy atom. The third-order valence-electron chi connectivity index (χ3n) is 8.93. The van der Waals surface area contributed by atoms with Gasteiger partial charge in [-0.1, -0.05) is 38.4 Å². The molecule has 2 fully saturated rings. The molecule has 0 N–H and O–H groups in total. The normalized spacial score (nSPS) is 46.1. The van der Waals surface area contributed by atoms with E-state index in [-0.39, 0.29) is 34.7 Å². The number of rotatable bonds is 2. The van der Waals surface area contributed by atoms with Crippen molar-refractivity contribution in [2.75, 3.05) is 0 Å². The summed E-state index contributed by atoms with van der Waals surface area (Å²) in [7, 11) is 0. The second-order valence-corrected chi connectivity index (χ2v) is 10.6. The number of hydrogen-bond acceptors (Lipinski definition) is 4. The van der Waals surface area contributed by atoms with Crippen molar-refractivity contribution < 1.29 is 19.1 Å². The van der Waals surface area contributed by atoms with Gasteiger partial charge in [0, 0.05) is 29.7 Å². The number of allylic oxidation sites excluding steroid dienone is 4. The van der Waals surface area contributed by atoms with Gasteiger partial charge in [0.05, 0.1) is 0 Å². The van der Waals surface area contributed by atoms with Crippen molar-refractivity contribution in [3.05, 3.63) is 22.8 Å². The summed E-state index contributed by atoms with van der Waals surface area (Å²) in [5, 5.41) is 0.687. The van der Waals surface area contributed by atoms with Crippen LogP contribution in [0, 0.1) is 34.5 Å². The van der Waals surface area contributed by atoms with E-state index in [1.807, 2.05) is 6.92 Å². The molecule has 7 atom stereocenters. The standard InChI is InChI=1S/C24H31ClO4/c1-13-10-19-17-12-21(25)20-11-16(28)6-8-22(20,4)18(17)7-9-23(19,5)24(13,14(2)26)29-15(3)27/h11-13,17-19H,6-10H2,1-5H3/t13-,17+,18-,19-,22+,23-,24-/m0/s1. The predicted molar refractivity (Wildman–Crippen MR) is 111 cm³/mol. The molecule has 5 heteroatoms. The minimum atomic E-state index is -1.08. The fourth-order valence-corrected chi connectivity index (χ4v) is 8.08. The lowest BCUT2D eigenvalue weighted by molar-refractivity contribution is -0.190. The Balaban J connectivity index is 1.83. The lowest BCUT2D eigenvalue weighted by atomic mass is 9.48. The van der Waals surface area contributed by atoms with E-state index in [9.17, 15) is 14.4 Å². The summed E-state index contributed by atoms with van der Waals surface area (Å²) in [6.07, 6.45) is 7.88. The summed E-state index contributed by atoms with van der Waals surface area (Å²) in [6, 6.07) is 0. The van der Waals surface area contributed by atoms with Crippen molar-refractivity contribution in [3.8, 4) is 0 Å². The van der Waals surface area contributed by atoms with Gasteiger partial charge < -0.3 is 4.74 Å². The van der Waals surface area contributed by atoms with Crippen molar-refractivity contribution in [1.29, 1.82) is 0 Å². The molecule has 29 heavy (non-hydrogen) atoms. The number of esters is 1. The van der Waals surface area contributed by atoms with Crippen LogP contribution in [0.1, 0.15) is 66.7 Å². The summed E-state index contributed by atoms with van der Waals surface area (Å²) >= 11 is 6.74. The van der Waals surface area contributed by atoms with E-state index in [0.717, 1.165) is 31.3 Å². The molecule has 4 rings (SSSR count). The quantitative estimate of drug-likeness (QED) is 0.592. The first kappa shape index (κ1) is 20.8. The average Bonchev–Trinajstić information content (AvgIpc) is 2.85. The van der Waals surface area contributed by atoms with Gasteiger partial charge in [0.25, 0.3) is 0 Å². The van der Waals surface area contributed by atoms with E-state index >= 15 is 0 Å². The third-order valence-corrected chi connectivity index (χ3v) is 9.26. The second-order valence-electron chi connectivity index (χ2n) is 10.2. The van der Waals surface area contributed by atoms with Gasteiger partial charge in [-0.2, -0.15) is 0 Å². The molecule has 4 aliphatic carbocycles. The Hall–Kier alpha value is -1.42. The van der Waals surface area contributed by atoms with Crippen LogP contribution >= 0.6 is 11.6 Å². The first-order chi connectivity index (χ1) is 13.5. The number of hydrogen-bond donors (Lipinski definition) is 0. The van der Waals surface area contributed by atoms with Crippen LogP contribution < -0.4 is 0 Å². The number of ketones is 2. The molecule has 0 aromatic carbocycles. The van der Waals surface area contributed by atoms with Crippen molar-refractivity contribution in [3.63, 3.8) is 0 Å². The molecule has 0 heterocycles. The lowest BCUT2D eigenvalue weighted by Gasteiger charge is -2.57. The zero-order valence-corrected chi connectivity index (χ0v) is 18.8. The maximum Gasteiger partial charge on any atom is 0.303 e. The molecule has 0 aromatic rings. The van der Waals surface area contributed by atoms with Gasteiger partial charge in [-0.25, -0.2) is 0 Å². The monoisotopic (exact) mass is 418 g/mol. The molecule has 0 spiro atoms. The average molecular weight is 419 g/mol. The van der Waals surface area contributed by atoms with Crippen molar-refractivity contribution in [2.24, 2.45) is 34.5 Å². The minimum Gasteiger partial charge on any atom is -0.450 e. The van der Waals surface area contributed by atoms with Gasteiger partial charge in [0.15, 0.2) is 17.2 Å². The van der Waals surface area contributed by atoms with Crippen LogP contribution in [0.15, 0.2) is 22.8 Å². The molecule has 0 bridgehead atoms. The van der Waals surface area contributed by atoms with E-state index in [1.54, 1.807) is 13.0 Å². The van der Waals surface area contributed by atoms with Crippen LogP contribution in [-0.4, -0.2) is 23.1 Å². The Morgan fingerprint density at radius 1 is 1.17 bits per heavy atom. The summed E-state index contributed by atoms with van der Waals surface area (Å²) in [4.78, 5) is 37.0. The van der Waals surface area contributed by atoms with Crippen molar-refractivity contribution >= 4 is 29.1 Å². The Morgan fingerprint density at radius 3 is 2.48 bits per heavy atom. The minimum absolute atomic E-state index is 0.0393. The number of halogens is 1. The highest BCUT2D eigenvalue weighted by molar-refractivity contribution is 6.32. The van der Waals surface area contributed by atoms with Gasteiger partial charge in [-0.05, 0) is 67.4 Å². The highest BCUT2D eigenvalue weighted by atomic mass is 35.5. The fourth-order valence-electron chi connectivity index (χ4n) is 7.67. The number of Topliss-reactive ketones (excluding diaryl/α,β-unsaturated/α-hetero) is 1. The molecule has 0 aliphatic heterocycles. The van der Waals surface area contributed by atoms with Gasteiger partial charge in [-0.15, -0.1) is 0 Å². The first-order valence-electron chi connectivity index (χ1n) is 10.8. The van der Waals surface area contributed by atoms with E-state index in [4.69, 9.17) is 16.3 Å². The van der Waals surface area contributed by atoms with Gasteiger partial charge in [0.1, 0.15) is 0 Å². The highest BCUT2D eigenvalue weighted by Crippen LogP contribution is 2.69. The molecule has 4 aliphatic rings. The molecule has 0 radical (unpaired) electrons. The lowest BCUT2D eigenvalue weighted by Crippen LogP contribution is -2.59. The summed E-state index contributed by atoms with van der Waals surface area (Å²) in [5.41, 5.74) is -0.614. The largest absolute Gasteiger partial charge is 0.450 e. The topological polar surface area (TPSA) is 60.4 Å². The van der Waals surface area contributed by atoms with Crippen LogP contribution in [0.4, 0.5) is 0 Å². The van der Waals surface area contributed by atoms with Crippen molar-refractivity contribution in [1.82, 2.24) is 0 Å². The van der Waals surface area contributed by atoms with E-state index in [2.05, 4.69) is 19.9 Å².